The maximum absolute atomic E-state index is 12.8. The van der Waals surface area contributed by atoms with Crippen LogP contribution in [0.1, 0.15) is 51.3 Å². The van der Waals surface area contributed by atoms with Gasteiger partial charge in [0.25, 0.3) is 0 Å². The first kappa shape index (κ1) is 14.9. The molecule has 1 saturated heterocycles. The van der Waals surface area contributed by atoms with E-state index in [-0.39, 0.29) is 12.1 Å². The maximum atomic E-state index is 12.8. The Hall–Kier alpha value is -1.06. The summed E-state index contributed by atoms with van der Waals surface area (Å²) in [7, 11) is 0. The lowest BCUT2D eigenvalue weighted by atomic mass is 9.99. The molecule has 2 unspecified atom stereocenters. The van der Waals surface area contributed by atoms with Crippen molar-refractivity contribution in [3.8, 4) is 0 Å². The first-order valence-electron chi connectivity index (χ1n) is 7.88. The van der Waals surface area contributed by atoms with Crippen molar-refractivity contribution in [3.05, 3.63) is 34.9 Å². The van der Waals surface area contributed by atoms with E-state index in [1.165, 1.54) is 12.8 Å². The number of benzene rings is 1. The molecular formula is C17H23ClN2O. The number of amides is 1. The van der Waals surface area contributed by atoms with Crippen LogP contribution in [0.4, 0.5) is 0 Å². The lowest BCUT2D eigenvalue weighted by Crippen LogP contribution is -2.43. The van der Waals surface area contributed by atoms with Crippen molar-refractivity contribution in [2.75, 3.05) is 6.54 Å². The molecule has 4 heteroatoms. The van der Waals surface area contributed by atoms with Gasteiger partial charge in [-0.05, 0) is 43.4 Å². The fourth-order valence-corrected chi connectivity index (χ4v) is 3.12. The molecule has 3 rings (SSSR count). The molecule has 1 aliphatic carbocycles. The van der Waals surface area contributed by atoms with Crippen LogP contribution in [0.15, 0.2) is 24.3 Å². The minimum absolute atomic E-state index is 0.0292. The van der Waals surface area contributed by atoms with Crippen LogP contribution in [0, 0.1) is 5.92 Å². The average molecular weight is 307 g/mol. The van der Waals surface area contributed by atoms with Gasteiger partial charge in [0.2, 0.25) is 5.91 Å². The minimum atomic E-state index is -0.451. The van der Waals surface area contributed by atoms with Crippen LogP contribution in [0.3, 0.4) is 0 Å². The van der Waals surface area contributed by atoms with Gasteiger partial charge in [0, 0.05) is 11.6 Å². The average Bonchev–Trinajstić information content (AvgIpc) is 3.27. The molecule has 1 N–H and O–H groups in total. The molecule has 0 bridgehead atoms. The molecule has 1 aromatic carbocycles. The number of nitrogens with one attached hydrogen (secondary N) is 1. The SMILES string of the molecule is CCC1(C)NC(c2ccc(Cl)cc2)N(CCC2CC2)C1=O. The first-order valence-corrected chi connectivity index (χ1v) is 8.25. The summed E-state index contributed by atoms with van der Waals surface area (Å²) in [4.78, 5) is 14.8. The molecule has 1 aliphatic heterocycles. The predicted octanol–water partition coefficient (Wildman–Crippen LogP) is 3.74. The summed E-state index contributed by atoms with van der Waals surface area (Å²) in [5.41, 5.74) is 0.661. The molecular weight excluding hydrogens is 284 g/mol. The van der Waals surface area contributed by atoms with Gasteiger partial charge in [0.1, 0.15) is 6.17 Å². The maximum Gasteiger partial charge on any atom is 0.244 e. The topological polar surface area (TPSA) is 32.3 Å². The Kier molecular flexibility index (Phi) is 3.98. The van der Waals surface area contributed by atoms with E-state index in [2.05, 4.69) is 12.2 Å². The van der Waals surface area contributed by atoms with Gasteiger partial charge < -0.3 is 4.90 Å². The molecule has 2 fully saturated rings. The Morgan fingerprint density at radius 3 is 2.57 bits per heavy atom. The summed E-state index contributed by atoms with van der Waals surface area (Å²) in [6, 6.07) is 7.81. The first-order chi connectivity index (χ1) is 10.0. The van der Waals surface area contributed by atoms with Gasteiger partial charge >= 0.3 is 0 Å². The molecule has 1 aromatic rings. The van der Waals surface area contributed by atoms with Crippen LogP contribution in [-0.4, -0.2) is 22.9 Å². The third-order valence-corrected chi connectivity index (χ3v) is 5.12. The fourth-order valence-electron chi connectivity index (χ4n) is 3.00. The summed E-state index contributed by atoms with van der Waals surface area (Å²) < 4.78 is 0. The van der Waals surface area contributed by atoms with E-state index in [4.69, 9.17) is 11.6 Å². The van der Waals surface area contributed by atoms with E-state index in [0.717, 1.165) is 35.9 Å². The minimum Gasteiger partial charge on any atom is -0.321 e. The van der Waals surface area contributed by atoms with Crippen LogP contribution in [0.5, 0.6) is 0 Å². The second-order valence-corrected chi connectivity index (χ2v) is 6.95. The summed E-state index contributed by atoms with van der Waals surface area (Å²) in [6.07, 6.45) is 4.55. The molecule has 0 radical (unpaired) electrons. The van der Waals surface area contributed by atoms with Crippen LogP contribution >= 0.6 is 11.6 Å². The Morgan fingerprint density at radius 2 is 2.00 bits per heavy atom. The van der Waals surface area contributed by atoms with Gasteiger partial charge in [-0.15, -0.1) is 0 Å². The zero-order valence-electron chi connectivity index (χ0n) is 12.7. The van der Waals surface area contributed by atoms with Gasteiger partial charge in [0.05, 0.1) is 5.54 Å². The van der Waals surface area contributed by atoms with Crippen molar-refractivity contribution in [2.24, 2.45) is 5.92 Å². The smallest absolute Gasteiger partial charge is 0.244 e. The number of carbonyl (C=O) groups excluding carboxylic acids is 1. The fraction of sp³-hybridized carbons (Fsp3) is 0.588. The molecule has 0 spiro atoms. The molecule has 2 aliphatic rings. The number of rotatable bonds is 5. The van der Waals surface area contributed by atoms with Crippen molar-refractivity contribution >= 4 is 17.5 Å². The molecule has 0 aromatic heterocycles. The van der Waals surface area contributed by atoms with Gasteiger partial charge in [-0.2, -0.15) is 0 Å². The van der Waals surface area contributed by atoms with E-state index < -0.39 is 5.54 Å². The zero-order valence-corrected chi connectivity index (χ0v) is 13.5. The standard InChI is InChI=1S/C17H23ClN2O/c1-3-17(2)16(21)20(11-10-12-4-5-12)15(19-17)13-6-8-14(18)9-7-13/h6-9,12,15,19H,3-5,10-11H2,1-2H3. The van der Waals surface area contributed by atoms with Crippen LogP contribution < -0.4 is 5.32 Å². The van der Waals surface area contributed by atoms with Crippen molar-refractivity contribution in [3.63, 3.8) is 0 Å². The third-order valence-electron chi connectivity index (χ3n) is 4.87. The Labute approximate surface area is 131 Å². The van der Waals surface area contributed by atoms with Gasteiger partial charge in [-0.25, -0.2) is 0 Å². The number of nitrogens with zero attached hydrogens (tertiary/aromatic N) is 1. The summed E-state index contributed by atoms with van der Waals surface area (Å²) >= 11 is 5.98. The summed E-state index contributed by atoms with van der Waals surface area (Å²) in [5, 5.41) is 4.26. The predicted molar refractivity (Wildman–Crippen MR) is 85.1 cm³/mol. The van der Waals surface area contributed by atoms with Crippen LogP contribution in [0.25, 0.3) is 0 Å². The molecule has 1 amide bonds. The van der Waals surface area contributed by atoms with Crippen LogP contribution in [0.2, 0.25) is 5.02 Å². The van der Waals surface area contributed by atoms with Crippen molar-refractivity contribution in [1.29, 1.82) is 0 Å². The molecule has 114 valence electrons. The van der Waals surface area contributed by atoms with Gasteiger partial charge in [0.15, 0.2) is 0 Å². The van der Waals surface area contributed by atoms with Gasteiger partial charge in [-0.1, -0.05) is 43.5 Å². The number of hydrogen-bond acceptors (Lipinski definition) is 2. The van der Waals surface area contributed by atoms with Crippen molar-refractivity contribution < 1.29 is 4.79 Å². The van der Waals surface area contributed by atoms with E-state index in [9.17, 15) is 4.79 Å². The number of hydrogen-bond donors (Lipinski definition) is 1. The highest BCUT2D eigenvalue weighted by molar-refractivity contribution is 6.30. The van der Waals surface area contributed by atoms with E-state index in [1.54, 1.807) is 0 Å². The molecule has 3 nitrogen and oxygen atoms in total. The van der Waals surface area contributed by atoms with Gasteiger partial charge in [-0.3, -0.25) is 10.1 Å². The number of carbonyl (C=O) groups is 1. The lowest BCUT2D eigenvalue weighted by Gasteiger charge is -2.24. The molecule has 1 heterocycles. The monoisotopic (exact) mass is 306 g/mol. The highest BCUT2D eigenvalue weighted by atomic mass is 35.5. The van der Waals surface area contributed by atoms with Crippen LogP contribution in [-0.2, 0) is 4.79 Å². The van der Waals surface area contributed by atoms with E-state index in [0.29, 0.717) is 0 Å². The highest BCUT2D eigenvalue weighted by Gasteiger charge is 2.47. The Balaban J connectivity index is 1.83. The quantitative estimate of drug-likeness (QED) is 0.899. The highest BCUT2D eigenvalue weighted by Crippen LogP contribution is 2.37. The largest absolute Gasteiger partial charge is 0.321 e. The summed E-state index contributed by atoms with van der Waals surface area (Å²) in [5.74, 6) is 1.06. The van der Waals surface area contributed by atoms with E-state index >= 15 is 0 Å². The second kappa shape index (κ2) is 5.62. The lowest BCUT2D eigenvalue weighted by molar-refractivity contribution is -0.133. The Morgan fingerprint density at radius 1 is 1.33 bits per heavy atom. The summed E-state index contributed by atoms with van der Waals surface area (Å²) in [6.45, 7) is 4.92. The van der Waals surface area contributed by atoms with Crippen molar-refractivity contribution in [2.45, 2.75) is 51.2 Å². The van der Waals surface area contributed by atoms with Crippen molar-refractivity contribution in [1.82, 2.24) is 10.2 Å². The second-order valence-electron chi connectivity index (χ2n) is 6.51. The molecule has 1 saturated carbocycles. The zero-order chi connectivity index (χ0) is 15.0. The Bertz CT molecular complexity index is 526. The normalized spacial score (nSPS) is 29.2. The van der Waals surface area contributed by atoms with E-state index in [1.807, 2.05) is 36.1 Å². The third kappa shape index (κ3) is 2.95. The molecule has 2 atom stereocenters. The molecule has 21 heavy (non-hydrogen) atoms. The number of halogens is 1.